The summed E-state index contributed by atoms with van der Waals surface area (Å²) in [4.78, 5) is 14.3. The maximum atomic E-state index is 12.5. The minimum absolute atomic E-state index is 0.0583. The Bertz CT molecular complexity index is 406. The molecule has 0 radical (unpaired) electrons. The Kier molecular flexibility index (Phi) is 4.01. The molecule has 2 heterocycles. The standard InChI is InChI=1S/C13H21N3O2/c1-4-7-16-12(5-6-14-16)13(17)15-8-10(2)18-11(3)9-15/h5-6,10-11H,4,7-9H2,1-3H3. The number of nitrogens with zero attached hydrogens (tertiary/aromatic N) is 3. The van der Waals surface area contributed by atoms with Crippen LogP contribution in [0.25, 0.3) is 0 Å². The molecule has 0 aromatic carbocycles. The van der Waals surface area contributed by atoms with Crippen LogP contribution in [0.4, 0.5) is 0 Å². The monoisotopic (exact) mass is 251 g/mol. The summed E-state index contributed by atoms with van der Waals surface area (Å²) in [6, 6.07) is 1.79. The van der Waals surface area contributed by atoms with Crippen LogP contribution in [0.5, 0.6) is 0 Å². The van der Waals surface area contributed by atoms with Crippen molar-refractivity contribution in [3.63, 3.8) is 0 Å². The Balaban J connectivity index is 2.12. The number of rotatable bonds is 3. The number of aromatic nitrogens is 2. The Morgan fingerprint density at radius 3 is 2.72 bits per heavy atom. The van der Waals surface area contributed by atoms with Gasteiger partial charge in [-0.05, 0) is 26.3 Å². The van der Waals surface area contributed by atoms with Crippen LogP contribution >= 0.6 is 0 Å². The van der Waals surface area contributed by atoms with Crippen molar-refractivity contribution >= 4 is 5.91 Å². The Labute approximate surface area is 108 Å². The van der Waals surface area contributed by atoms with Crippen LogP contribution in [-0.2, 0) is 11.3 Å². The molecule has 1 saturated heterocycles. The summed E-state index contributed by atoms with van der Waals surface area (Å²) in [6.45, 7) is 8.16. The molecule has 2 rings (SSSR count). The van der Waals surface area contributed by atoms with Gasteiger partial charge in [0, 0.05) is 25.8 Å². The van der Waals surface area contributed by atoms with Crippen molar-refractivity contribution in [2.75, 3.05) is 13.1 Å². The van der Waals surface area contributed by atoms with Crippen LogP contribution in [0.3, 0.4) is 0 Å². The van der Waals surface area contributed by atoms with Gasteiger partial charge >= 0.3 is 0 Å². The van der Waals surface area contributed by atoms with E-state index in [9.17, 15) is 4.79 Å². The zero-order chi connectivity index (χ0) is 13.1. The van der Waals surface area contributed by atoms with Crippen LogP contribution in [0, 0.1) is 0 Å². The number of morpholine rings is 1. The third kappa shape index (κ3) is 2.72. The van der Waals surface area contributed by atoms with E-state index in [1.807, 2.05) is 18.7 Å². The molecule has 1 aromatic heterocycles. The van der Waals surface area contributed by atoms with Gasteiger partial charge in [0.2, 0.25) is 0 Å². The molecule has 2 atom stereocenters. The number of carbonyl (C=O) groups is 1. The SMILES string of the molecule is CCCn1nccc1C(=O)N1CC(C)OC(C)C1. The molecule has 5 nitrogen and oxygen atoms in total. The Morgan fingerprint density at radius 2 is 2.11 bits per heavy atom. The lowest BCUT2D eigenvalue weighted by atomic mass is 10.2. The fourth-order valence-electron chi connectivity index (χ4n) is 2.41. The second-order valence-corrected chi connectivity index (χ2v) is 4.91. The Hall–Kier alpha value is -1.36. The predicted molar refractivity (Wildman–Crippen MR) is 68.4 cm³/mol. The van der Waals surface area contributed by atoms with E-state index in [-0.39, 0.29) is 18.1 Å². The first-order valence-corrected chi connectivity index (χ1v) is 6.58. The molecule has 1 aromatic rings. The maximum Gasteiger partial charge on any atom is 0.272 e. The highest BCUT2D eigenvalue weighted by molar-refractivity contribution is 5.92. The van der Waals surface area contributed by atoms with Crippen molar-refractivity contribution < 1.29 is 9.53 Å². The van der Waals surface area contributed by atoms with E-state index in [2.05, 4.69) is 12.0 Å². The summed E-state index contributed by atoms with van der Waals surface area (Å²) in [6.07, 6.45) is 2.86. The molecule has 2 unspecified atom stereocenters. The van der Waals surface area contributed by atoms with E-state index in [4.69, 9.17) is 4.74 Å². The van der Waals surface area contributed by atoms with Crippen LogP contribution in [0.15, 0.2) is 12.3 Å². The van der Waals surface area contributed by atoms with Crippen LogP contribution in [0.1, 0.15) is 37.7 Å². The summed E-state index contributed by atoms with van der Waals surface area (Å²) in [5, 5.41) is 4.20. The molecule has 1 aliphatic heterocycles. The second kappa shape index (κ2) is 5.52. The molecule has 0 aliphatic carbocycles. The molecular formula is C13H21N3O2. The van der Waals surface area contributed by atoms with Gasteiger partial charge < -0.3 is 9.64 Å². The van der Waals surface area contributed by atoms with Gasteiger partial charge in [0.25, 0.3) is 5.91 Å². The van der Waals surface area contributed by atoms with Crippen molar-refractivity contribution in [1.82, 2.24) is 14.7 Å². The van der Waals surface area contributed by atoms with Gasteiger partial charge in [0.05, 0.1) is 12.2 Å². The molecule has 1 fully saturated rings. The first kappa shape index (κ1) is 13.1. The molecule has 1 amide bonds. The second-order valence-electron chi connectivity index (χ2n) is 4.91. The highest BCUT2D eigenvalue weighted by Gasteiger charge is 2.28. The van der Waals surface area contributed by atoms with Gasteiger partial charge in [-0.15, -0.1) is 0 Å². The lowest BCUT2D eigenvalue weighted by Gasteiger charge is -2.35. The number of hydrogen-bond donors (Lipinski definition) is 0. The molecule has 18 heavy (non-hydrogen) atoms. The summed E-state index contributed by atoms with van der Waals surface area (Å²) in [5.74, 6) is 0.0583. The number of amides is 1. The maximum absolute atomic E-state index is 12.5. The highest BCUT2D eigenvalue weighted by atomic mass is 16.5. The minimum atomic E-state index is 0.0583. The summed E-state index contributed by atoms with van der Waals surface area (Å²) >= 11 is 0. The van der Waals surface area contributed by atoms with Crippen molar-refractivity contribution in [1.29, 1.82) is 0 Å². The van der Waals surface area contributed by atoms with Crippen molar-refractivity contribution in [3.05, 3.63) is 18.0 Å². The van der Waals surface area contributed by atoms with Gasteiger partial charge in [0.15, 0.2) is 0 Å². The fraction of sp³-hybridized carbons (Fsp3) is 0.692. The third-order valence-corrected chi connectivity index (χ3v) is 3.08. The fourth-order valence-corrected chi connectivity index (χ4v) is 2.41. The van der Waals surface area contributed by atoms with E-state index in [0.717, 1.165) is 13.0 Å². The normalized spacial score (nSPS) is 24.3. The van der Waals surface area contributed by atoms with E-state index >= 15 is 0 Å². The molecule has 0 spiro atoms. The average Bonchev–Trinajstić information content (AvgIpc) is 2.75. The lowest BCUT2D eigenvalue weighted by Crippen LogP contribution is -2.48. The summed E-state index contributed by atoms with van der Waals surface area (Å²) in [5.41, 5.74) is 0.679. The molecule has 0 saturated carbocycles. The van der Waals surface area contributed by atoms with Crippen LogP contribution < -0.4 is 0 Å². The van der Waals surface area contributed by atoms with E-state index in [1.54, 1.807) is 16.9 Å². The average molecular weight is 251 g/mol. The predicted octanol–water partition coefficient (Wildman–Crippen LogP) is 1.54. The zero-order valence-electron chi connectivity index (χ0n) is 11.3. The molecule has 1 aliphatic rings. The third-order valence-electron chi connectivity index (χ3n) is 3.08. The first-order chi connectivity index (χ1) is 8.61. The topological polar surface area (TPSA) is 47.4 Å². The molecule has 5 heteroatoms. The van der Waals surface area contributed by atoms with Gasteiger partial charge in [-0.25, -0.2) is 0 Å². The zero-order valence-corrected chi connectivity index (χ0v) is 11.3. The molecule has 0 bridgehead atoms. The lowest BCUT2D eigenvalue weighted by molar-refractivity contribution is -0.0588. The Morgan fingerprint density at radius 1 is 1.44 bits per heavy atom. The van der Waals surface area contributed by atoms with Gasteiger partial charge in [0.1, 0.15) is 5.69 Å². The minimum Gasteiger partial charge on any atom is -0.372 e. The van der Waals surface area contributed by atoms with E-state index < -0.39 is 0 Å². The number of carbonyl (C=O) groups excluding carboxylic acids is 1. The number of hydrogen-bond acceptors (Lipinski definition) is 3. The van der Waals surface area contributed by atoms with Crippen LogP contribution in [-0.4, -0.2) is 45.9 Å². The molecule has 100 valence electrons. The van der Waals surface area contributed by atoms with Gasteiger partial charge in [-0.1, -0.05) is 6.92 Å². The smallest absolute Gasteiger partial charge is 0.272 e. The van der Waals surface area contributed by atoms with Gasteiger partial charge in [-0.3, -0.25) is 9.48 Å². The number of aryl methyl sites for hydroxylation is 1. The van der Waals surface area contributed by atoms with Crippen LogP contribution in [0.2, 0.25) is 0 Å². The van der Waals surface area contributed by atoms with E-state index in [0.29, 0.717) is 18.8 Å². The van der Waals surface area contributed by atoms with Crippen molar-refractivity contribution in [3.8, 4) is 0 Å². The summed E-state index contributed by atoms with van der Waals surface area (Å²) < 4.78 is 7.43. The van der Waals surface area contributed by atoms with E-state index in [1.165, 1.54) is 0 Å². The quantitative estimate of drug-likeness (QED) is 0.818. The summed E-state index contributed by atoms with van der Waals surface area (Å²) in [7, 11) is 0. The van der Waals surface area contributed by atoms with Gasteiger partial charge in [-0.2, -0.15) is 5.10 Å². The number of ether oxygens (including phenoxy) is 1. The largest absolute Gasteiger partial charge is 0.372 e. The molecular weight excluding hydrogens is 230 g/mol. The van der Waals surface area contributed by atoms with Crippen molar-refractivity contribution in [2.45, 2.75) is 45.9 Å². The van der Waals surface area contributed by atoms with Crippen molar-refractivity contribution in [2.24, 2.45) is 0 Å². The highest BCUT2D eigenvalue weighted by Crippen LogP contribution is 2.14. The first-order valence-electron chi connectivity index (χ1n) is 6.58. The molecule has 0 N–H and O–H groups in total.